The molecule has 206 valence electrons. The van der Waals surface area contributed by atoms with Gasteiger partial charge in [-0.3, -0.25) is 0 Å². The molecule has 0 spiro atoms. The van der Waals surface area contributed by atoms with Gasteiger partial charge in [-0.2, -0.15) is 0 Å². The number of sulfonamides is 1. The van der Waals surface area contributed by atoms with Gasteiger partial charge in [-0.1, -0.05) is 36.7 Å². The van der Waals surface area contributed by atoms with Crippen molar-refractivity contribution < 1.29 is 26.7 Å². The molecule has 0 aliphatic rings. The van der Waals surface area contributed by atoms with Crippen molar-refractivity contribution in [3.05, 3.63) is 94.0 Å². The van der Waals surface area contributed by atoms with Gasteiger partial charge < -0.3 is 14.8 Å². The molecule has 1 heterocycles. The molecule has 1 aromatic heterocycles. The lowest BCUT2D eigenvalue weighted by atomic mass is 10.0. The molecule has 39 heavy (non-hydrogen) atoms. The van der Waals surface area contributed by atoms with E-state index in [4.69, 9.17) is 21.1 Å². The molecule has 1 N–H and O–H groups in total. The maximum absolute atomic E-state index is 15.5. The summed E-state index contributed by atoms with van der Waals surface area (Å²) in [7, 11) is -1.52. The molecule has 0 aliphatic heterocycles. The third kappa shape index (κ3) is 6.10. The van der Waals surface area contributed by atoms with Crippen LogP contribution >= 0.6 is 22.9 Å². The van der Waals surface area contributed by atoms with E-state index in [1.165, 1.54) is 26.5 Å². The molecule has 0 saturated heterocycles. The van der Waals surface area contributed by atoms with Crippen molar-refractivity contribution >= 4 is 43.8 Å². The molecule has 0 aliphatic carbocycles. The fourth-order valence-corrected chi connectivity index (χ4v) is 6.66. The van der Waals surface area contributed by atoms with E-state index < -0.39 is 32.6 Å². The number of rotatable bonds is 11. The normalized spacial score (nSPS) is 12.2. The van der Waals surface area contributed by atoms with Crippen molar-refractivity contribution in [3.8, 4) is 11.5 Å². The van der Waals surface area contributed by atoms with Crippen LogP contribution in [0.1, 0.15) is 30.5 Å². The molecule has 0 fully saturated rings. The lowest BCUT2D eigenvalue weighted by Crippen LogP contribution is -2.31. The SMILES string of the molecule is CC[C@H](Nc1cc(F)c(S(=O)(=O)N(Cc2ccc(OC)cc2OC)c2nccs2)cc1Cl)c1ccccc1F. The molecule has 4 aromatic rings. The van der Waals surface area contributed by atoms with Crippen LogP contribution in [0.4, 0.5) is 19.6 Å². The Labute approximate surface area is 235 Å². The largest absolute Gasteiger partial charge is 0.497 e. The number of hydrogen-bond donors (Lipinski definition) is 1. The highest BCUT2D eigenvalue weighted by molar-refractivity contribution is 7.93. The summed E-state index contributed by atoms with van der Waals surface area (Å²) >= 11 is 7.54. The highest BCUT2D eigenvalue weighted by Gasteiger charge is 2.32. The first-order valence-electron chi connectivity index (χ1n) is 11.8. The van der Waals surface area contributed by atoms with Crippen molar-refractivity contribution in [3.63, 3.8) is 0 Å². The van der Waals surface area contributed by atoms with Gasteiger partial charge in [0.1, 0.15) is 28.0 Å². The maximum atomic E-state index is 15.5. The van der Waals surface area contributed by atoms with E-state index in [1.807, 2.05) is 6.92 Å². The van der Waals surface area contributed by atoms with Crippen molar-refractivity contribution in [2.45, 2.75) is 30.8 Å². The lowest BCUT2D eigenvalue weighted by molar-refractivity contribution is 0.391. The van der Waals surface area contributed by atoms with Crippen molar-refractivity contribution in [1.29, 1.82) is 0 Å². The van der Waals surface area contributed by atoms with Crippen LogP contribution in [0.25, 0.3) is 0 Å². The lowest BCUT2D eigenvalue weighted by Gasteiger charge is -2.24. The Morgan fingerprint density at radius 1 is 1.08 bits per heavy atom. The summed E-state index contributed by atoms with van der Waals surface area (Å²) in [6.45, 7) is 1.65. The van der Waals surface area contributed by atoms with E-state index in [9.17, 15) is 12.8 Å². The third-order valence-electron chi connectivity index (χ3n) is 6.05. The van der Waals surface area contributed by atoms with Crippen LogP contribution < -0.4 is 19.1 Å². The molecule has 0 amide bonds. The topological polar surface area (TPSA) is 80.8 Å². The first kappa shape index (κ1) is 28.6. The van der Waals surface area contributed by atoms with Crippen molar-refractivity contribution in [2.24, 2.45) is 0 Å². The number of nitrogens with one attached hydrogen (secondary N) is 1. The van der Waals surface area contributed by atoms with Gasteiger partial charge in [0.15, 0.2) is 5.13 Å². The number of halogens is 3. The van der Waals surface area contributed by atoms with Crippen LogP contribution in [0.15, 0.2) is 71.1 Å². The van der Waals surface area contributed by atoms with Gasteiger partial charge >= 0.3 is 0 Å². The second-order valence-corrected chi connectivity index (χ2v) is 11.5. The Morgan fingerprint density at radius 3 is 2.49 bits per heavy atom. The zero-order chi connectivity index (χ0) is 28.2. The number of hydrogen-bond acceptors (Lipinski definition) is 7. The molecule has 0 radical (unpaired) electrons. The zero-order valence-corrected chi connectivity index (χ0v) is 23.7. The molecule has 12 heteroatoms. The summed E-state index contributed by atoms with van der Waals surface area (Å²) in [6.07, 6.45) is 1.93. The van der Waals surface area contributed by atoms with Crippen LogP contribution in [0.5, 0.6) is 11.5 Å². The number of aromatic nitrogens is 1. The average molecular weight is 594 g/mol. The Balaban J connectivity index is 1.72. The summed E-state index contributed by atoms with van der Waals surface area (Å²) < 4.78 is 69.2. The van der Waals surface area contributed by atoms with Crippen LogP contribution in [-0.2, 0) is 16.6 Å². The minimum absolute atomic E-state index is 0.0362. The smallest absolute Gasteiger partial charge is 0.269 e. The van der Waals surface area contributed by atoms with Gasteiger partial charge in [0, 0.05) is 28.8 Å². The first-order valence-corrected chi connectivity index (χ1v) is 14.5. The van der Waals surface area contributed by atoms with E-state index in [0.717, 1.165) is 27.8 Å². The molecule has 4 rings (SSSR count). The van der Waals surface area contributed by atoms with Gasteiger partial charge in [-0.15, -0.1) is 11.3 Å². The second kappa shape index (κ2) is 12.2. The molecule has 0 saturated carbocycles. The molecular weight excluding hydrogens is 568 g/mol. The van der Waals surface area contributed by atoms with Crippen LogP contribution in [0.2, 0.25) is 5.02 Å². The summed E-state index contributed by atoms with van der Waals surface area (Å²) in [5.41, 5.74) is 1.04. The Kier molecular flexibility index (Phi) is 8.94. The molecule has 7 nitrogen and oxygen atoms in total. The predicted octanol–water partition coefficient (Wildman–Crippen LogP) is 7.05. The van der Waals surface area contributed by atoms with E-state index in [-0.39, 0.29) is 22.4 Å². The Hall–Kier alpha value is -3.41. The van der Waals surface area contributed by atoms with Gasteiger partial charge in [0.2, 0.25) is 0 Å². The number of nitrogens with zero attached hydrogens (tertiary/aromatic N) is 2. The maximum Gasteiger partial charge on any atom is 0.269 e. The van der Waals surface area contributed by atoms with E-state index in [2.05, 4.69) is 10.3 Å². The first-order chi connectivity index (χ1) is 18.7. The van der Waals surface area contributed by atoms with E-state index in [0.29, 0.717) is 29.0 Å². The Morgan fingerprint density at radius 2 is 1.85 bits per heavy atom. The summed E-state index contributed by atoms with van der Waals surface area (Å²) in [4.78, 5) is 3.53. The van der Waals surface area contributed by atoms with Crippen LogP contribution in [-0.4, -0.2) is 27.6 Å². The predicted molar refractivity (Wildman–Crippen MR) is 149 cm³/mol. The molecule has 3 aromatic carbocycles. The van der Waals surface area contributed by atoms with Gasteiger partial charge in [0.05, 0.1) is 37.5 Å². The van der Waals surface area contributed by atoms with Gasteiger partial charge in [-0.25, -0.2) is 26.5 Å². The van der Waals surface area contributed by atoms with Crippen molar-refractivity contribution in [2.75, 3.05) is 23.8 Å². The van der Waals surface area contributed by atoms with Crippen LogP contribution in [0, 0.1) is 11.6 Å². The summed E-state index contributed by atoms with van der Waals surface area (Å²) in [6, 6.07) is 12.7. The summed E-state index contributed by atoms with van der Waals surface area (Å²) in [5.74, 6) is -0.516. The monoisotopic (exact) mass is 593 g/mol. The quantitative estimate of drug-likeness (QED) is 0.201. The standard InChI is InChI=1S/C27H26ClF2N3O4S2/c1-4-23(19-7-5-6-8-21(19)29)32-24-15-22(30)26(14-20(24)28)39(34,35)33(27-31-11-12-38-27)16-17-9-10-18(36-2)13-25(17)37-3/h5-15,23,32H,4,16H2,1-3H3/t23-/m0/s1. The minimum atomic E-state index is -4.48. The van der Waals surface area contributed by atoms with Crippen molar-refractivity contribution in [1.82, 2.24) is 4.98 Å². The molecular formula is C27H26ClF2N3O4S2. The minimum Gasteiger partial charge on any atom is -0.497 e. The van der Waals surface area contributed by atoms with E-state index in [1.54, 1.807) is 41.8 Å². The summed E-state index contributed by atoms with van der Waals surface area (Å²) in [5, 5.41) is 4.75. The van der Waals surface area contributed by atoms with Gasteiger partial charge in [0.25, 0.3) is 10.0 Å². The fourth-order valence-electron chi connectivity index (χ4n) is 4.03. The number of methoxy groups -OCH3 is 2. The highest BCUT2D eigenvalue weighted by atomic mass is 35.5. The fraction of sp³-hybridized carbons (Fsp3) is 0.222. The highest BCUT2D eigenvalue weighted by Crippen LogP contribution is 2.36. The average Bonchev–Trinajstić information content (AvgIpc) is 3.46. The number of anilines is 2. The van der Waals surface area contributed by atoms with Gasteiger partial charge in [-0.05, 0) is 36.8 Å². The number of thiazole rings is 1. The second-order valence-electron chi connectivity index (χ2n) is 8.39. The third-order valence-corrected chi connectivity index (χ3v) is 9.02. The van der Waals surface area contributed by atoms with E-state index >= 15 is 4.39 Å². The zero-order valence-electron chi connectivity index (χ0n) is 21.3. The molecule has 1 atom stereocenters. The Bertz CT molecular complexity index is 1550. The molecule has 0 bridgehead atoms. The van der Waals surface area contributed by atoms with Crippen LogP contribution in [0.3, 0.4) is 0 Å². The number of ether oxygens (including phenoxy) is 2. The number of benzene rings is 3. The molecule has 0 unspecified atom stereocenters.